The molecule has 8 heteroatoms. The summed E-state index contributed by atoms with van der Waals surface area (Å²) in [6.45, 7) is 5.59. The molecule has 156 valence electrons. The number of ether oxygens (including phenoxy) is 1. The number of nitrogens with one attached hydrogen (secondary N) is 2. The molecule has 6 nitrogen and oxygen atoms in total. The molecule has 1 unspecified atom stereocenters. The second kappa shape index (κ2) is 9.78. The molecular weight excluding hydrogens is 423 g/mol. The second-order valence-electron chi connectivity index (χ2n) is 6.72. The highest BCUT2D eigenvalue weighted by atomic mass is 35.5. The Labute approximate surface area is 185 Å². The molecule has 3 aromatic rings. The zero-order valence-electron chi connectivity index (χ0n) is 16.9. The third-order valence-electron chi connectivity index (χ3n) is 4.39. The zero-order chi connectivity index (χ0) is 21.7. The highest BCUT2D eigenvalue weighted by Crippen LogP contribution is 2.29. The fourth-order valence-electron chi connectivity index (χ4n) is 2.80. The first-order valence-corrected chi connectivity index (χ1v) is 10.2. The Morgan fingerprint density at radius 3 is 2.63 bits per heavy atom. The van der Waals surface area contributed by atoms with E-state index < -0.39 is 6.10 Å². The van der Waals surface area contributed by atoms with Crippen LogP contribution in [0.3, 0.4) is 0 Å². The average molecular weight is 445 g/mol. The lowest BCUT2D eigenvalue weighted by molar-refractivity contribution is -0.122. The molecule has 1 atom stereocenters. The number of carbonyl (C=O) groups is 1. The van der Waals surface area contributed by atoms with Crippen LogP contribution in [0.5, 0.6) is 5.75 Å². The normalized spacial score (nSPS) is 11.6. The van der Waals surface area contributed by atoms with Crippen molar-refractivity contribution in [2.75, 3.05) is 10.6 Å². The molecule has 0 saturated heterocycles. The van der Waals surface area contributed by atoms with E-state index in [1.165, 1.54) is 6.33 Å². The topological polar surface area (TPSA) is 76.1 Å². The predicted molar refractivity (Wildman–Crippen MR) is 121 cm³/mol. The monoisotopic (exact) mass is 444 g/mol. The van der Waals surface area contributed by atoms with E-state index in [9.17, 15) is 4.79 Å². The van der Waals surface area contributed by atoms with Gasteiger partial charge in [0.2, 0.25) is 0 Å². The highest BCUT2D eigenvalue weighted by Gasteiger charge is 2.18. The van der Waals surface area contributed by atoms with Gasteiger partial charge in [-0.2, -0.15) is 0 Å². The molecule has 1 heterocycles. The van der Waals surface area contributed by atoms with Gasteiger partial charge in [-0.15, -0.1) is 0 Å². The number of aromatic nitrogens is 2. The van der Waals surface area contributed by atoms with Crippen molar-refractivity contribution in [2.45, 2.75) is 33.3 Å². The van der Waals surface area contributed by atoms with Gasteiger partial charge in [-0.1, -0.05) is 36.2 Å². The number of carbonyl (C=O) groups excluding carboxylic acids is 1. The Kier molecular flexibility index (Phi) is 7.13. The quantitative estimate of drug-likeness (QED) is 0.481. The summed E-state index contributed by atoms with van der Waals surface area (Å²) in [4.78, 5) is 21.0. The van der Waals surface area contributed by atoms with Crippen LogP contribution in [0.15, 0.2) is 48.8 Å². The lowest BCUT2D eigenvalue weighted by atomic mass is 10.1. The summed E-state index contributed by atoms with van der Waals surface area (Å²) in [7, 11) is 0. The second-order valence-corrected chi connectivity index (χ2v) is 7.56. The summed E-state index contributed by atoms with van der Waals surface area (Å²) in [5, 5.41) is 7.02. The molecule has 2 N–H and O–H groups in total. The van der Waals surface area contributed by atoms with E-state index in [-0.39, 0.29) is 5.91 Å². The summed E-state index contributed by atoms with van der Waals surface area (Å²) in [5.41, 5.74) is 3.37. The molecule has 0 aliphatic rings. The fourth-order valence-corrected chi connectivity index (χ4v) is 3.25. The number of nitrogens with zero attached hydrogens (tertiary/aromatic N) is 2. The minimum atomic E-state index is -0.755. The molecule has 3 rings (SSSR count). The van der Waals surface area contributed by atoms with E-state index in [1.54, 1.807) is 25.1 Å². The van der Waals surface area contributed by atoms with Gasteiger partial charge in [-0.25, -0.2) is 9.97 Å². The number of halogens is 2. The van der Waals surface area contributed by atoms with E-state index in [4.69, 9.17) is 27.9 Å². The van der Waals surface area contributed by atoms with E-state index >= 15 is 0 Å². The molecule has 0 radical (unpaired) electrons. The van der Waals surface area contributed by atoms with Crippen LogP contribution >= 0.6 is 23.2 Å². The molecule has 1 amide bonds. The Hall–Kier alpha value is -2.83. The van der Waals surface area contributed by atoms with Crippen LogP contribution in [0.2, 0.25) is 10.0 Å². The first-order valence-electron chi connectivity index (χ1n) is 9.47. The largest absolute Gasteiger partial charge is 0.479 e. The average Bonchev–Trinajstić information content (AvgIpc) is 2.70. The number of rotatable bonds is 7. The molecule has 30 heavy (non-hydrogen) atoms. The summed E-state index contributed by atoms with van der Waals surface area (Å²) in [5.74, 6) is 0.790. The SMILES string of the molecule is CCc1ccc(Nc2cc(C)ncn2)cc1NC(=O)C(C)Oc1ccc(Cl)cc1Cl. The number of hydrogen-bond acceptors (Lipinski definition) is 5. The first kappa shape index (κ1) is 21.9. The maximum absolute atomic E-state index is 12.7. The van der Waals surface area contributed by atoms with Crippen molar-refractivity contribution in [3.63, 3.8) is 0 Å². The Bertz CT molecular complexity index is 1060. The van der Waals surface area contributed by atoms with Crippen LogP contribution in [-0.4, -0.2) is 22.0 Å². The third-order valence-corrected chi connectivity index (χ3v) is 4.92. The maximum Gasteiger partial charge on any atom is 0.265 e. The van der Waals surface area contributed by atoms with Gasteiger partial charge in [0.25, 0.3) is 5.91 Å². The van der Waals surface area contributed by atoms with Crippen molar-refractivity contribution in [2.24, 2.45) is 0 Å². The smallest absolute Gasteiger partial charge is 0.265 e. The van der Waals surface area contributed by atoms with Crippen LogP contribution in [0.4, 0.5) is 17.2 Å². The minimum absolute atomic E-state index is 0.286. The number of amides is 1. The lowest BCUT2D eigenvalue weighted by Crippen LogP contribution is -2.30. The Balaban J connectivity index is 1.74. The zero-order valence-corrected chi connectivity index (χ0v) is 18.4. The van der Waals surface area contributed by atoms with Crippen LogP contribution in [-0.2, 0) is 11.2 Å². The minimum Gasteiger partial charge on any atom is -0.479 e. The molecule has 2 aromatic carbocycles. The van der Waals surface area contributed by atoms with Crippen molar-refractivity contribution in [3.8, 4) is 5.75 Å². The van der Waals surface area contributed by atoms with Gasteiger partial charge in [-0.3, -0.25) is 4.79 Å². The van der Waals surface area contributed by atoms with Crippen molar-refractivity contribution < 1.29 is 9.53 Å². The molecule has 0 fully saturated rings. The van der Waals surface area contributed by atoms with Crippen molar-refractivity contribution >= 4 is 46.3 Å². The van der Waals surface area contributed by atoms with Crippen LogP contribution in [0.25, 0.3) is 0 Å². The van der Waals surface area contributed by atoms with Crippen LogP contribution in [0.1, 0.15) is 25.1 Å². The van der Waals surface area contributed by atoms with E-state index in [0.717, 1.165) is 23.4 Å². The molecule has 0 spiro atoms. The number of aryl methyl sites for hydroxylation is 2. The van der Waals surface area contributed by atoms with Crippen molar-refractivity contribution in [3.05, 3.63) is 70.1 Å². The summed E-state index contributed by atoms with van der Waals surface area (Å²) >= 11 is 12.0. The van der Waals surface area contributed by atoms with Crippen LogP contribution in [0, 0.1) is 6.92 Å². The summed E-state index contributed by atoms with van der Waals surface area (Å²) in [6, 6.07) is 12.5. The maximum atomic E-state index is 12.7. The summed E-state index contributed by atoms with van der Waals surface area (Å²) < 4.78 is 5.71. The van der Waals surface area contributed by atoms with Crippen LogP contribution < -0.4 is 15.4 Å². The highest BCUT2D eigenvalue weighted by molar-refractivity contribution is 6.35. The van der Waals surface area contributed by atoms with Gasteiger partial charge in [0.05, 0.1) is 5.02 Å². The van der Waals surface area contributed by atoms with Gasteiger partial charge < -0.3 is 15.4 Å². The predicted octanol–water partition coefficient (Wildman–Crippen LogP) is 5.80. The Morgan fingerprint density at radius 1 is 1.13 bits per heavy atom. The standard InChI is InChI=1S/C22H22Cl2N4O2/c1-4-15-5-7-17(27-21-9-13(2)25-12-26-21)11-19(15)28-22(29)14(3)30-20-8-6-16(23)10-18(20)24/h5-12,14H,4H2,1-3H3,(H,28,29)(H,25,26,27). The Morgan fingerprint density at radius 2 is 1.93 bits per heavy atom. The molecule has 0 aliphatic carbocycles. The van der Waals surface area contributed by atoms with Gasteiger partial charge in [0.1, 0.15) is 17.9 Å². The van der Waals surface area contributed by atoms with Gasteiger partial charge in [-0.05, 0) is 56.2 Å². The molecule has 0 saturated carbocycles. The van der Waals surface area contributed by atoms with Gasteiger partial charge in [0, 0.05) is 28.2 Å². The van der Waals surface area contributed by atoms with Gasteiger partial charge in [0.15, 0.2) is 6.10 Å². The van der Waals surface area contributed by atoms with Crippen molar-refractivity contribution in [1.29, 1.82) is 0 Å². The third kappa shape index (κ3) is 5.62. The molecule has 0 aliphatic heterocycles. The molecule has 1 aromatic heterocycles. The lowest BCUT2D eigenvalue weighted by Gasteiger charge is -2.18. The number of hydrogen-bond donors (Lipinski definition) is 2. The van der Waals surface area contributed by atoms with Gasteiger partial charge >= 0.3 is 0 Å². The van der Waals surface area contributed by atoms with E-state index in [2.05, 4.69) is 20.6 Å². The number of anilines is 3. The fraction of sp³-hybridized carbons (Fsp3) is 0.227. The molecule has 0 bridgehead atoms. The van der Waals surface area contributed by atoms with Crippen molar-refractivity contribution in [1.82, 2.24) is 9.97 Å². The molecular formula is C22H22Cl2N4O2. The first-order chi connectivity index (χ1) is 14.4. The van der Waals surface area contributed by atoms with E-state index in [1.807, 2.05) is 38.1 Å². The summed E-state index contributed by atoms with van der Waals surface area (Å²) in [6.07, 6.45) is 1.51. The van der Waals surface area contributed by atoms with E-state index in [0.29, 0.717) is 27.3 Å². The number of benzene rings is 2.